The van der Waals surface area contributed by atoms with Gasteiger partial charge in [-0.2, -0.15) is 0 Å². The van der Waals surface area contributed by atoms with Crippen molar-refractivity contribution in [3.05, 3.63) is 50.5 Å². The Morgan fingerprint density at radius 1 is 1.26 bits per heavy atom. The van der Waals surface area contributed by atoms with Crippen LogP contribution in [-0.4, -0.2) is 9.91 Å². The van der Waals surface area contributed by atoms with E-state index < -0.39 is 4.92 Å². The van der Waals surface area contributed by atoms with Crippen LogP contribution in [-0.2, 0) is 0 Å². The molecule has 19 heavy (non-hydrogen) atoms. The third-order valence-electron chi connectivity index (χ3n) is 2.29. The van der Waals surface area contributed by atoms with Crippen molar-refractivity contribution in [1.29, 1.82) is 0 Å². The Kier molecular flexibility index (Phi) is 3.73. The van der Waals surface area contributed by atoms with Crippen LogP contribution >= 0.6 is 23.2 Å². The summed E-state index contributed by atoms with van der Waals surface area (Å²) in [5, 5.41) is 14.5. The molecule has 8 heteroatoms. The number of nitrogens with zero attached hydrogens (tertiary/aromatic N) is 2. The van der Waals surface area contributed by atoms with Crippen LogP contribution in [0.2, 0.25) is 10.0 Å². The lowest BCUT2D eigenvalue weighted by Gasteiger charge is -2.08. The summed E-state index contributed by atoms with van der Waals surface area (Å²) in [4.78, 5) is 13.9. The van der Waals surface area contributed by atoms with Gasteiger partial charge in [-0.3, -0.25) is 10.1 Å². The number of nitrogen functional groups attached to an aromatic ring is 1. The van der Waals surface area contributed by atoms with Gasteiger partial charge in [0.05, 0.1) is 15.6 Å². The zero-order chi connectivity index (χ0) is 14.0. The highest BCUT2D eigenvalue weighted by molar-refractivity contribution is 6.35. The molecule has 0 spiro atoms. The molecule has 98 valence electrons. The van der Waals surface area contributed by atoms with E-state index in [1.165, 1.54) is 12.1 Å². The van der Waals surface area contributed by atoms with E-state index in [2.05, 4.69) is 10.3 Å². The average Bonchev–Trinajstić information content (AvgIpc) is 2.33. The minimum absolute atomic E-state index is 0.173. The molecule has 0 amide bonds. The SMILES string of the molecule is Nc1nc(Nc2cc(Cl)ccc2Cl)ccc1[N+](=O)[O-]. The number of nitrogens with one attached hydrogen (secondary N) is 1. The van der Waals surface area contributed by atoms with Gasteiger partial charge in [-0.1, -0.05) is 23.2 Å². The number of nitrogens with two attached hydrogens (primary N) is 1. The number of hydrogen-bond acceptors (Lipinski definition) is 5. The average molecular weight is 299 g/mol. The Hall–Kier alpha value is -2.05. The van der Waals surface area contributed by atoms with E-state index >= 15 is 0 Å². The van der Waals surface area contributed by atoms with Gasteiger partial charge in [-0.15, -0.1) is 0 Å². The van der Waals surface area contributed by atoms with Crippen LogP contribution in [0.4, 0.5) is 23.0 Å². The van der Waals surface area contributed by atoms with Gasteiger partial charge in [0.25, 0.3) is 0 Å². The Morgan fingerprint density at radius 3 is 2.63 bits per heavy atom. The number of rotatable bonds is 3. The van der Waals surface area contributed by atoms with E-state index in [-0.39, 0.29) is 11.5 Å². The maximum absolute atomic E-state index is 10.6. The van der Waals surface area contributed by atoms with Gasteiger partial charge in [0, 0.05) is 11.1 Å². The molecule has 1 aromatic heterocycles. The number of nitro groups is 1. The van der Waals surface area contributed by atoms with Crippen molar-refractivity contribution in [2.24, 2.45) is 0 Å². The number of hydrogen-bond donors (Lipinski definition) is 2. The van der Waals surface area contributed by atoms with Crippen molar-refractivity contribution < 1.29 is 4.92 Å². The molecular formula is C11H8Cl2N4O2. The first-order valence-corrected chi connectivity index (χ1v) is 5.86. The Labute approximate surface area is 118 Å². The fourth-order valence-electron chi connectivity index (χ4n) is 1.42. The highest BCUT2D eigenvalue weighted by atomic mass is 35.5. The van der Waals surface area contributed by atoms with Crippen molar-refractivity contribution in [3.8, 4) is 0 Å². The summed E-state index contributed by atoms with van der Waals surface area (Å²) in [6, 6.07) is 7.59. The molecule has 1 heterocycles. The largest absolute Gasteiger partial charge is 0.378 e. The highest BCUT2D eigenvalue weighted by Gasteiger charge is 2.13. The number of benzene rings is 1. The second-order valence-electron chi connectivity index (χ2n) is 3.61. The molecular weight excluding hydrogens is 291 g/mol. The number of aromatic nitrogens is 1. The van der Waals surface area contributed by atoms with E-state index in [0.717, 1.165) is 0 Å². The van der Waals surface area contributed by atoms with Gasteiger partial charge < -0.3 is 11.1 Å². The van der Waals surface area contributed by atoms with Crippen LogP contribution in [0.25, 0.3) is 0 Å². The first-order valence-electron chi connectivity index (χ1n) is 5.10. The Bertz CT molecular complexity index is 649. The van der Waals surface area contributed by atoms with Crippen molar-refractivity contribution >= 4 is 46.2 Å². The van der Waals surface area contributed by atoms with Crippen LogP contribution in [0.5, 0.6) is 0 Å². The maximum atomic E-state index is 10.6. The van der Waals surface area contributed by atoms with Gasteiger partial charge in [0.15, 0.2) is 0 Å². The summed E-state index contributed by atoms with van der Waals surface area (Å²) < 4.78 is 0. The topological polar surface area (TPSA) is 94.1 Å². The molecule has 0 radical (unpaired) electrons. The Morgan fingerprint density at radius 2 is 2.00 bits per heavy atom. The molecule has 0 atom stereocenters. The van der Waals surface area contributed by atoms with Gasteiger partial charge in [0.1, 0.15) is 5.82 Å². The molecule has 6 nitrogen and oxygen atoms in total. The van der Waals surface area contributed by atoms with Crippen LogP contribution < -0.4 is 11.1 Å². The number of anilines is 3. The summed E-state index contributed by atoms with van der Waals surface area (Å²) in [7, 11) is 0. The predicted octanol–water partition coefficient (Wildman–Crippen LogP) is 3.62. The minimum atomic E-state index is -0.599. The smallest absolute Gasteiger partial charge is 0.311 e. The zero-order valence-corrected chi connectivity index (χ0v) is 10.9. The minimum Gasteiger partial charge on any atom is -0.378 e. The summed E-state index contributed by atoms with van der Waals surface area (Å²) >= 11 is 11.8. The van der Waals surface area contributed by atoms with Crippen molar-refractivity contribution in [2.45, 2.75) is 0 Å². The van der Waals surface area contributed by atoms with Crippen LogP contribution in [0.3, 0.4) is 0 Å². The first-order chi connectivity index (χ1) is 8.97. The summed E-state index contributed by atoms with van der Waals surface area (Å²) in [5.74, 6) is 0.167. The predicted molar refractivity (Wildman–Crippen MR) is 75.0 cm³/mol. The molecule has 2 rings (SSSR count). The van der Waals surface area contributed by atoms with Crippen LogP contribution in [0.15, 0.2) is 30.3 Å². The fourth-order valence-corrected chi connectivity index (χ4v) is 1.76. The van der Waals surface area contributed by atoms with E-state index in [1.54, 1.807) is 18.2 Å². The van der Waals surface area contributed by atoms with Gasteiger partial charge in [0.2, 0.25) is 5.82 Å². The maximum Gasteiger partial charge on any atom is 0.311 e. The molecule has 1 aromatic carbocycles. The van der Waals surface area contributed by atoms with Gasteiger partial charge >= 0.3 is 5.69 Å². The molecule has 3 N–H and O–H groups in total. The molecule has 0 aliphatic heterocycles. The van der Waals surface area contributed by atoms with Crippen LogP contribution in [0, 0.1) is 10.1 Å². The molecule has 0 bridgehead atoms. The van der Waals surface area contributed by atoms with E-state index in [9.17, 15) is 10.1 Å². The lowest BCUT2D eigenvalue weighted by Crippen LogP contribution is -2.01. The fraction of sp³-hybridized carbons (Fsp3) is 0. The second-order valence-corrected chi connectivity index (χ2v) is 4.45. The van der Waals surface area contributed by atoms with E-state index in [1.807, 2.05) is 0 Å². The Balaban J connectivity index is 2.31. The van der Waals surface area contributed by atoms with Crippen molar-refractivity contribution in [3.63, 3.8) is 0 Å². The summed E-state index contributed by atoms with van der Waals surface area (Å²) in [6.07, 6.45) is 0. The van der Waals surface area contributed by atoms with Crippen LogP contribution in [0.1, 0.15) is 0 Å². The molecule has 0 aliphatic carbocycles. The lowest BCUT2D eigenvalue weighted by atomic mass is 10.3. The van der Waals surface area contributed by atoms with Crippen molar-refractivity contribution in [2.75, 3.05) is 11.1 Å². The summed E-state index contributed by atoms with van der Waals surface area (Å²) in [5.41, 5.74) is 5.78. The molecule has 0 fully saturated rings. The molecule has 2 aromatic rings. The molecule has 0 saturated heterocycles. The summed E-state index contributed by atoms with van der Waals surface area (Å²) in [6.45, 7) is 0. The standard InChI is InChI=1S/C11H8Cl2N4O2/c12-6-1-2-7(13)8(5-6)15-10-4-3-9(17(18)19)11(14)16-10/h1-5H,(H3,14,15,16). The quantitative estimate of drug-likeness (QED) is 0.666. The van der Waals surface area contributed by atoms with Gasteiger partial charge in [-0.05, 0) is 24.3 Å². The molecule has 0 saturated carbocycles. The van der Waals surface area contributed by atoms with Gasteiger partial charge in [-0.25, -0.2) is 4.98 Å². The number of halogens is 2. The number of pyridine rings is 1. The first kappa shape index (κ1) is 13.4. The highest BCUT2D eigenvalue weighted by Crippen LogP contribution is 2.29. The normalized spacial score (nSPS) is 10.2. The lowest BCUT2D eigenvalue weighted by molar-refractivity contribution is -0.384. The van der Waals surface area contributed by atoms with E-state index in [0.29, 0.717) is 21.6 Å². The monoisotopic (exact) mass is 298 g/mol. The third-order valence-corrected chi connectivity index (χ3v) is 2.85. The van der Waals surface area contributed by atoms with Crippen molar-refractivity contribution in [1.82, 2.24) is 4.98 Å². The zero-order valence-electron chi connectivity index (χ0n) is 9.43. The third kappa shape index (κ3) is 3.04. The second kappa shape index (κ2) is 5.29. The molecule has 0 unspecified atom stereocenters. The van der Waals surface area contributed by atoms with E-state index in [4.69, 9.17) is 28.9 Å². The molecule has 0 aliphatic rings.